The van der Waals surface area contributed by atoms with Crippen LogP contribution in [0.15, 0.2) is 53.4 Å². The van der Waals surface area contributed by atoms with Crippen LogP contribution in [0.5, 0.6) is 0 Å². The standard InChI is InChI=1S/C14H8F2N2O/c15-9-3-4-10(11(16)6-9)12-7-17-8-13(18-12)14-2-1-5-19-14/h1-8H. The fraction of sp³-hybridized carbons (Fsp3) is 0. The minimum atomic E-state index is -0.675. The lowest BCUT2D eigenvalue weighted by Gasteiger charge is -2.03. The van der Waals surface area contributed by atoms with E-state index >= 15 is 0 Å². The molecule has 0 saturated carbocycles. The van der Waals surface area contributed by atoms with Crippen molar-refractivity contribution in [2.75, 3.05) is 0 Å². The Bertz CT molecular complexity index is 711. The predicted octanol–water partition coefficient (Wildman–Crippen LogP) is 3.68. The Morgan fingerprint density at radius 2 is 1.84 bits per heavy atom. The van der Waals surface area contributed by atoms with Crippen LogP contribution in [0.3, 0.4) is 0 Å². The summed E-state index contributed by atoms with van der Waals surface area (Å²) < 4.78 is 31.8. The summed E-state index contributed by atoms with van der Waals surface area (Å²) in [7, 11) is 0. The van der Waals surface area contributed by atoms with Gasteiger partial charge in [-0.05, 0) is 24.3 Å². The highest BCUT2D eigenvalue weighted by molar-refractivity contribution is 5.62. The molecule has 0 aliphatic heterocycles. The van der Waals surface area contributed by atoms with E-state index in [1.54, 1.807) is 12.1 Å². The van der Waals surface area contributed by atoms with Gasteiger partial charge in [-0.25, -0.2) is 13.8 Å². The predicted molar refractivity (Wildman–Crippen MR) is 65.1 cm³/mol. The van der Waals surface area contributed by atoms with Crippen LogP contribution in [0.2, 0.25) is 0 Å². The van der Waals surface area contributed by atoms with Crippen molar-refractivity contribution in [1.82, 2.24) is 9.97 Å². The molecule has 0 radical (unpaired) electrons. The summed E-state index contributed by atoms with van der Waals surface area (Å²) in [5.74, 6) is -0.765. The molecule has 0 saturated heterocycles. The van der Waals surface area contributed by atoms with Crippen LogP contribution in [0.25, 0.3) is 22.7 Å². The SMILES string of the molecule is Fc1ccc(-c2cncc(-c3ccco3)n2)c(F)c1. The maximum atomic E-state index is 13.7. The van der Waals surface area contributed by atoms with Crippen LogP contribution < -0.4 is 0 Å². The van der Waals surface area contributed by atoms with E-state index in [0.717, 1.165) is 6.07 Å². The maximum Gasteiger partial charge on any atom is 0.153 e. The topological polar surface area (TPSA) is 38.9 Å². The highest BCUT2D eigenvalue weighted by Gasteiger charge is 2.10. The summed E-state index contributed by atoms with van der Waals surface area (Å²) in [6.45, 7) is 0. The molecule has 0 amide bonds. The Hall–Kier alpha value is -2.56. The summed E-state index contributed by atoms with van der Waals surface area (Å²) in [6.07, 6.45) is 4.45. The van der Waals surface area contributed by atoms with Crippen molar-refractivity contribution in [2.45, 2.75) is 0 Å². The van der Waals surface area contributed by atoms with Gasteiger partial charge in [-0.1, -0.05) is 0 Å². The lowest BCUT2D eigenvalue weighted by Crippen LogP contribution is -1.92. The molecule has 0 N–H and O–H groups in total. The Labute approximate surface area is 107 Å². The van der Waals surface area contributed by atoms with E-state index in [2.05, 4.69) is 9.97 Å². The molecular formula is C14H8F2N2O. The molecule has 3 rings (SSSR count). The number of hydrogen-bond acceptors (Lipinski definition) is 3. The second-order valence-corrected chi connectivity index (χ2v) is 3.89. The highest BCUT2D eigenvalue weighted by atomic mass is 19.1. The van der Waals surface area contributed by atoms with Crippen molar-refractivity contribution in [1.29, 1.82) is 0 Å². The average molecular weight is 258 g/mol. The van der Waals surface area contributed by atoms with Gasteiger partial charge in [0.25, 0.3) is 0 Å². The van der Waals surface area contributed by atoms with Gasteiger partial charge >= 0.3 is 0 Å². The number of halogens is 2. The molecule has 5 heteroatoms. The molecule has 1 aromatic carbocycles. The van der Waals surface area contributed by atoms with Crippen molar-refractivity contribution in [3.8, 4) is 22.7 Å². The van der Waals surface area contributed by atoms with E-state index in [1.165, 1.54) is 30.8 Å². The molecule has 2 aromatic heterocycles. The monoisotopic (exact) mass is 258 g/mol. The van der Waals surface area contributed by atoms with Gasteiger partial charge in [0, 0.05) is 11.6 Å². The fourth-order valence-corrected chi connectivity index (χ4v) is 1.74. The van der Waals surface area contributed by atoms with Crippen molar-refractivity contribution in [2.24, 2.45) is 0 Å². The van der Waals surface area contributed by atoms with E-state index in [1.807, 2.05) is 0 Å². The molecule has 0 spiro atoms. The number of hydrogen-bond donors (Lipinski definition) is 0. The van der Waals surface area contributed by atoms with Gasteiger partial charge in [0.15, 0.2) is 5.76 Å². The Morgan fingerprint density at radius 3 is 2.58 bits per heavy atom. The number of nitrogens with zero attached hydrogens (tertiary/aromatic N) is 2. The molecule has 2 heterocycles. The number of rotatable bonds is 2. The summed E-state index contributed by atoms with van der Waals surface area (Å²) in [5, 5.41) is 0. The van der Waals surface area contributed by atoms with E-state index < -0.39 is 11.6 Å². The van der Waals surface area contributed by atoms with Crippen LogP contribution in [0.1, 0.15) is 0 Å². The van der Waals surface area contributed by atoms with Crippen LogP contribution in [-0.4, -0.2) is 9.97 Å². The molecule has 94 valence electrons. The van der Waals surface area contributed by atoms with Gasteiger partial charge < -0.3 is 4.42 Å². The van der Waals surface area contributed by atoms with Crippen LogP contribution in [0, 0.1) is 11.6 Å². The average Bonchev–Trinajstić information content (AvgIpc) is 2.93. The van der Waals surface area contributed by atoms with E-state index in [0.29, 0.717) is 17.1 Å². The van der Waals surface area contributed by atoms with Gasteiger partial charge in [-0.2, -0.15) is 0 Å². The molecule has 3 nitrogen and oxygen atoms in total. The number of aromatic nitrogens is 2. The first-order valence-electron chi connectivity index (χ1n) is 5.55. The van der Waals surface area contributed by atoms with Gasteiger partial charge in [-0.3, -0.25) is 4.98 Å². The molecule has 19 heavy (non-hydrogen) atoms. The van der Waals surface area contributed by atoms with Gasteiger partial charge in [0.2, 0.25) is 0 Å². The summed E-state index contributed by atoms with van der Waals surface area (Å²) in [5.41, 5.74) is 1.01. The fourth-order valence-electron chi connectivity index (χ4n) is 1.74. The first-order chi connectivity index (χ1) is 9.24. The molecule has 0 atom stereocenters. The molecule has 0 unspecified atom stereocenters. The maximum absolute atomic E-state index is 13.7. The molecule has 0 aliphatic rings. The molecule has 3 aromatic rings. The van der Waals surface area contributed by atoms with Gasteiger partial charge in [0.1, 0.15) is 17.3 Å². The number of furan rings is 1. The minimum Gasteiger partial charge on any atom is -0.463 e. The first-order valence-corrected chi connectivity index (χ1v) is 5.55. The van der Waals surface area contributed by atoms with Crippen molar-refractivity contribution < 1.29 is 13.2 Å². The van der Waals surface area contributed by atoms with Crippen LogP contribution >= 0.6 is 0 Å². The molecule has 0 fully saturated rings. The summed E-state index contributed by atoms with van der Waals surface area (Å²) >= 11 is 0. The van der Waals surface area contributed by atoms with Crippen LogP contribution in [-0.2, 0) is 0 Å². The van der Waals surface area contributed by atoms with Gasteiger partial charge in [0.05, 0.1) is 24.4 Å². The van der Waals surface area contributed by atoms with Crippen molar-refractivity contribution in [3.05, 3.63) is 60.6 Å². The quantitative estimate of drug-likeness (QED) is 0.703. The zero-order chi connectivity index (χ0) is 13.2. The Balaban J connectivity index is 2.08. The van der Waals surface area contributed by atoms with Crippen molar-refractivity contribution >= 4 is 0 Å². The minimum absolute atomic E-state index is 0.197. The lowest BCUT2D eigenvalue weighted by atomic mass is 10.1. The lowest BCUT2D eigenvalue weighted by molar-refractivity contribution is 0.579. The third kappa shape index (κ3) is 2.22. The summed E-state index contributed by atoms with van der Waals surface area (Å²) in [6, 6.07) is 6.79. The van der Waals surface area contributed by atoms with E-state index in [9.17, 15) is 8.78 Å². The zero-order valence-corrected chi connectivity index (χ0v) is 9.68. The van der Waals surface area contributed by atoms with Crippen LogP contribution in [0.4, 0.5) is 8.78 Å². The van der Waals surface area contributed by atoms with E-state index in [-0.39, 0.29) is 5.56 Å². The molecule has 0 bridgehead atoms. The number of benzene rings is 1. The van der Waals surface area contributed by atoms with Crippen molar-refractivity contribution in [3.63, 3.8) is 0 Å². The summed E-state index contributed by atoms with van der Waals surface area (Å²) in [4.78, 5) is 8.25. The molecule has 0 aliphatic carbocycles. The Kier molecular flexibility index (Phi) is 2.79. The second kappa shape index (κ2) is 4.61. The first kappa shape index (κ1) is 11.5. The van der Waals surface area contributed by atoms with E-state index in [4.69, 9.17) is 4.42 Å². The zero-order valence-electron chi connectivity index (χ0n) is 9.68. The normalized spacial score (nSPS) is 10.6. The largest absolute Gasteiger partial charge is 0.463 e. The third-order valence-corrected chi connectivity index (χ3v) is 2.62. The van der Waals surface area contributed by atoms with Gasteiger partial charge in [-0.15, -0.1) is 0 Å². The second-order valence-electron chi connectivity index (χ2n) is 3.89. The third-order valence-electron chi connectivity index (χ3n) is 2.62. The Morgan fingerprint density at radius 1 is 1.00 bits per heavy atom. The highest BCUT2D eigenvalue weighted by Crippen LogP contribution is 2.24. The smallest absolute Gasteiger partial charge is 0.153 e. The molecular weight excluding hydrogens is 250 g/mol.